The molecule has 38 heavy (non-hydrogen) atoms. The number of carbonyl (C=O) groups is 1. The van der Waals surface area contributed by atoms with Crippen molar-refractivity contribution in [2.24, 2.45) is 11.8 Å². The average Bonchev–Trinajstić information content (AvgIpc) is 3.46. The van der Waals surface area contributed by atoms with Crippen LogP contribution in [0.15, 0.2) is 66.6 Å². The van der Waals surface area contributed by atoms with Crippen LogP contribution in [0.2, 0.25) is 0 Å². The standard InChI is InChI=1S/C19H9N2S.C13H24O2.Ir/c1-3-7-13-11(5-1)17-16-15(9-10-20-17)22-19-12-6-2-4-8-14(12)21(13)18(16)19;1-5-10(6-2)12(14)9-13(15)11(7-3)8-4;/h1-4,6-10H;9-11,14H,5-8H2,1-4H3;/q-1;;/b;12-9-;. The SMILES string of the molecule is CCC(CC)C(=O)/C=C(\O)C(CC)CC.[Ir].[c-]1cccc2c1c1nccc3sc4c5ccccc5n2c4c31. The number of aromatic nitrogens is 2. The molecule has 0 spiro atoms. The summed E-state index contributed by atoms with van der Waals surface area (Å²) in [7, 11) is 0. The number of allylic oxidation sites excluding steroid dienone is 2. The third-order valence-electron chi connectivity index (χ3n) is 7.58. The number of nitrogens with zero attached hydrogens (tertiary/aromatic N) is 2. The zero-order chi connectivity index (χ0) is 26.1. The molecule has 0 amide bonds. The van der Waals surface area contributed by atoms with Gasteiger partial charge in [0.2, 0.25) is 0 Å². The fourth-order valence-electron chi connectivity index (χ4n) is 5.43. The molecule has 0 unspecified atom stereocenters. The molecular formula is C32H33IrN2O2S-. The van der Waals surface area contributed by atoms with E-state index in [9.17, 15) is 9.90 Å². The van der Waals surface area contributed by atoms with Crippen LogP contribution in [0.25, 0.3) is 47.6 Å². The summed E-state index contributed by atoms with van der Waals surface area (Å²) in [6.45, 7) is 8.07. The molecule has 6 heteroatoms. The number of hydrogen-bond donors (Lipinski definition) is 1. The average molecular weight is 702 g/mol. The third kappa shape index (κ3) is 4.75. The van der Waals surface area contributed by atoms with Crippen LogP contribution in [-0.4, -0.2) is 20.3 Å². The van der Waals surface area contributed by atoms with Gasteiger partial charge in [-0.3, -0.25) is 4.79 Å². The molecule has 199 valence electrons. The Kier molecular flexibility index (Phi) is 8.87. The number of pyridine rings is 2. The molecule has 0 aliphatic rings. The number of para-hydroxylation sites is 1. The number of hydrogen-bond acceptors (Lipinski definition) is 4. The van der Waals surface area contributed by atoms with Crippen LogP contribution in [0.1, 0.15) is 53.4 Å². The first-order valence-corrected chi connectivity index (χ1v) is 14.1. The topological polar surface area (TPSA) is 54.6 Å². The first kappa shape index (κ1) is 28.2. The maximum absolute atomic E-state index is 11.7. The van der Waals surface area contributed by atoms with Crippen molar-refractivity contribution >= 4 is 64.7 Å². The van der Waals surface area contributed by atoms with Crippen molar-refractivity contribution in [2.75, 3.05) is 0 Å². The molecule has 0 aliphatic heterocycles. The fraction of sp³-hybridized carbons (Fsp3) is 0.312. The summed E-state index contributed by atoms with van der Waals surface area (Å²) in [4.78, 5) is 16.4. The van der Waals surface area contributed by atoms with E-state index in [4.69, 9.17) is 0 Å². The van der Waals surface area contributed by atoms with E-state index in [1.54, 1.807) is 0 Å². The van der Waals surface area contributed by atoms with Crippen LogP contribution in [0.3, 0.4) is 0 Å². The Morgan fingerprint density at radius 2 is 1.68 bits per heavy atom. The van der Waals surface area contributed by atoms with Crippen LogP contribution in [0.4, 0.5) is 0 Å². The van der Waals surface area contributed by atoms with E-state index < -0.39 is 0 Å². The number of fused-ring (bicyclic) bond motifs is 6. The summed E-state index contributed by atoms with van der Waals surface area (Å²) in [5, 5.41) is 13.5. The van der Waals surface area contributed by atoms with E-state index in [1.165, 1.54) is 42.8 Å². The second kappa shape index (κ2) is 11.9. The predicted octanol–water partition coefficient (Wildman–Crippen LogP) is 9.11. The van der Waals surface area contributed by atoms with Gasteiger partial charge in [-0.15, -0.1) is 41.0 Å². The quantitative estimate of drug-likeness (QED) is 0.0782. The zero-order valence-electron chi connectivity index (χ0n) is 22.2. The monoisotopic (exact) mass is 702 g/mol. The van der Waals surface area contributed by atoms with Gasteiger partial charge in [0, 0.05) is 70.7 Å². The fourth-order valence-corrected chi connectivity index (χ4v) is 6.65. The molecule has 0 bridgehead atoms. The molecule has 2 aromatic carbocycles. The second-order valence-corrected chi connectivity index (χ2v) is 10.6. The van der Waals surface area contributed by atoms with Gasteiger partial charge in [-0.25, -0.2) is 0 Å². The minimum Gasteiger partial charge on any atom is -0.512 e. The van der Waals surface area contributed by atoms with Gasteiger partial charge in [0.05, 0.1) is 16.0 Å². The number of aliphatic hydroxyl groups is 1. The minimum absolute atomic E-state index is 0. The van der Waals surface area contributed by atoms with Crippen LogP contribution in [-0.2, 0) is 24.9 Å². The van der Waals surface area contributed by atoms with E-state index >= 15 is 0 Å². The van der Waals surface area contributed by atoms with Crippen LogP contribution < -0.4 is 0 Å². The number of benzene rings is 2. The molecule has 6 aromatic rings. The largest absolute Gasteiger partial charge is 0.512 e. The number of aliphatic hydroxyl groups excluding tert-OH is 1. The zero-order valence-corrected chi connectivity index (χ0v) is 25.5. The molecule has 1 radical (unpaired) electrons. The van der Waals surface area contributed by atoms with Crippen molar-refractivity contribution in [3.8, 4) is 0 Å². The number of rotatable bonds is 7. The van der Waals surface area contributed by atoms with E-state index in [2.05, 4.69) is 57.9 Å². The van der Waals surface area contributed by atoms with Crippen LogP contribution in [0.5, 0.6) is 0 Å². The smallest absolute Gasteiger partial charge is 0.162 e. The molecule has 1 N–H and O–H groups in total. The van der Waals surface area contributed by atoms with Crippen molar-refractivity contribution in [1.29, 1.82) is 0 Å². The van der Waals surface area contributed by atoms with Gasteiger partial charge in [-0.2, -0.15) is 0 Å². The van der Waals surface area contributed by atoms with Crippen LogP contribution in [0, 0.1) is 17.9 Å². The van der Waals surface area contributed by atoms with Gasteiger partial charge in [0.1, 0.15) is 0 Å². The predicted molar refractivity (Wildman–Crippen MR) is 157 cm³/mol. The third-order valence-corrected chi connectivity index (χ3v) is 8.76. The number of carbonyl (C=O) groups excluding carboxylic acids is 1. The van der Waals surface area contributed by atoms with Crippen molar-refractivity contribution in [1.82, 2.24) is 9.38 Å². The van der Waals surface area contributed by atoms with Gasteiger partial charge < -0.3 is 14.5 Å². The first-order valence-electron chi connectivity index (χ1n) is 13.3. The second-order valence-electron chi connectivity index (χ2n) is 9.59. The van der Waals surface area contributed by atoms with Gasteiger partial charge in [0.15, 0.2) is 5.78 Å². The maximum Gasteiger partial charge on any atom is 0.162 e. The normalized spacial score (nSPS) is 12.2. The Bertz CT molecular complexity index is 1720. The summed E-state index contributed by atoms with van der Waals surface area (Å²) in [5.41, 5.74) is 4.81. The number of thiophene rings is 1. The molecule has 0 atom stereocenters. The molecule has 6 rings (SSSR count). The first-order chi connectivity index (χ1) is 18.0. The molecule has 0 fully saturated rings. The van der Waals surface area contributed by atoms with Crippen LogP contribution >= 0.6 is 11.3 Å². The maximum atomic E-state index is 11.7. The summed E-state index contributed by atoms with van der Waals surface area (Å²) < 4.78 is 5.04. The van der Waals surface area contributed by atoms with Crippen molar-refractivity contribution in [2.45, 2.75) is 53.4 Å². The Morgan fingerprint density at radius 1 is 1.00 bits per heavy atom. The summed E-state index contributed by atoms with van der Waals surface area (Å²) >= 11 is 1.86. The van der Waals surface area contributed by atoms with Crippen molar-refractivity contribution < 1.29 is 30.0 Å². The Balaban J connectivity index is 0.000000188. The molecule has 4 nitrogen and oxygen atoms in total. The molecule has 0 aliphatic carbocycles. The van der Waals surface area contributed by atoms with Gasteiger partial charge >= 0.3 is 0 Å². The summed E-state index contributed by atoms with van der Waals surface area (Å²) in [6.07, 6.45) is 6.82. The van der Waals surface area contributed by atoms with Crippen molar-refractivity contribution in [3.63, 3.8) is 0 Å². The van der Waals surface area contributed by atoms with Gasteiger partial charge in [-0.1, -0.05) is 45.9 Å². The van der Waals surface area contributed by atoms with E-state index in [0.29, 0.717) is 0 Å². The van der Waals surface area contributed by atoms with E-state index in [1.807, 2.05) is 51.3 Å². The van der Waals surface area contributed by atoms with Gasteiger partial charge in [-0.05, 0) is 43.3 Å². The Hall–Kier alpha value is -2.79. The molecule has 4 aromatic heterocycles. The van der Waals surface area contributed by atoms with E-state index in [0.717, 1.165) is 36.6 Å². The molecule has 0 saturated heterocycles. The van der Waals surface area contributed by atoms with Crippen molar-refractivity contribution in [3.05, 3.63) is 72.6 Å². The van der Waals surface area contributed by atoms with E-state index in [-0.39, 0.29) is 43.5 Å². The number of ketones is 1. The molecular weight excluding hydrogens is 669 g/mol. The Morgan fingerprint density at radius 3 is 2.39 bits per heavy atom. The molecule has 0 saturated carbocycles. The summed E-state index contributed by atoms with van der Waals surface area (Å²) in [5.74, 6) is 0.547. The van der Waals surface area contributed by atoms with Gasteiger partial charge in [0.25, 0.3) is 0 Å². The summed E-state index contributed by atoms with van der Waals surface area (Å²) in [6, 6.07) is 20.4. The molecule has 4 heterocycles. The Labute approximate surface area is 241 Å². The minimum atomic E-state index is 0.